The van der Waals surface area contributed by atoms with Gasteiger partial charge < -0.3 is 19.9 Å². The molecule has 2 amide bonds. The Morgan fingerprint density at radius 2 is 1.59 bits per heavy atom. The van der Waals surface area contributed by atoms with E-state index in [9.17, 15) is 19.5 Å². The quantitative estimate of drug-likeness (QED) is 0.652. The molecular formula is C26H31N2O6+. The molecule has 0 spiro atoms. The Morgan fingerprint density at radius 1 is 1.00 bits per heavy atom. The van der Waals surface area contributed by atoms with Crippen molar-refractivity contribution in [2.24, 2.45) is 0 Å². The first-order valence-corrected chi connectivity index (χ1v) is 11.5. The molecule has 34 heavy (non-hydrogen) atoms. The Balaban J connectivity index is 1.59. The van der Waals surface area contributed by atoms with Crippen LogP contribution < -0.4 is 5.32 Å². The summed E-state index contributed by atoms with van der Waals surface area (Å²) in [5.74, 6) is -1.15. The number of carbonyl (C=O) groups excluding carboxylic acids is 2. The third kappa shape index (κ3) is 4.69. The summed E-state index contributed by atoms with van der Waals surface area (Å²) < 4.78 is 10.7. The molecule has 8 heteroatoms. The van der Waals surface area contributed by atoms with Crippen molar-refractivity contribution >= 4 is 18.2 Å². The van der Waals surface area contributed by atoms with E-state index in [1.54, 1.807) is 20.8 Å². The lowest BCUT2D eigenvalue weighted by Gasteiger charge is -2.38. The van der Waals surface area contributed by atoms with Crippen LogP contribution >= 0.6 is 0 Å². The number of amides is 2. The number of carboxylic acid groups (broad SMARTS) is 1. The maximum absolute atomic E-state index is 13.5. The van der Waals surface area contributed by atoms with Crippen LogP contribution in [0.1, 0.15) is 44.2 Å². The fourth-order valence-corrected chi connectivity index (χ4v) is 4.81. The number of imide groups is 1. The molecule has 2 aromatic carbocycles. The number of nitrogens with one attached hydrogen (secondary N) is 1. The first-order chi connectivity index (χ1) is 16.1. The molecule has 4 rings (SSSR count). The third-order valence-corrected chi connectivity index (χ3v) is 6.31. The second-order valence-corrected chi connectivity index (χ2v) is 9.91. The summed E-state index contributed by atoms with van der Waals surface area (Å²) in [7, 11) is 0. The molecule has 0 saturated carbocycles. The van der Waals surface area contributed by atoms with Crippen LogP contribution in [-0.4, -0.2) is 65.6 Å². The van der Waals surface area contributed by atoms with Crippen molar-refractivity contribution in [3.8, 4) is 11.1 Å². The molecule has 2 aliphatic rings. The number of carbonyl (C=O) groups is 3. The van der Waals surface area contributed by atoms with E-state index >= 15 is 0 Å². The minimum Gasteiger partial charge on any atom is -0.481 e. The SMILES string of the molecule is CC(C)(C)OC(=O)[N+]1(C(=O)OCC2c3ccccc3-c3ccccc32)CCNC(CC(=O)O)C1. The van der Waals surface area contributed by atoms with Crippen molar-refractivity contribution in [3.63, 3.8) is 0 Å². The Hall–Kier alpha value is -3.23. The van der Waals surface area contributed by atoms with Crippen LogP contribution in [-0.2, 0) is 14.3 Å². The van der Waals surface area contributed by atoms with Crippen LogP contribution in [0.5, 0.6) is 0 Å². The number of quaternary nitrogens is 1. The molecule has 2 unspecified atom stereocenters. The van der Waals surface area contributed by atoms with E-state index in [1.165, 1.54) is 0 Å². The van der Waals surface area contributed by atoms with E-state index in [2.05, 4.69) is 17.4 Å². The molecular weight excluding hydrogens is 436 g/mol. The minimum absolute atomic E-state index is 0.0438. The molecule has 0 radical (unpaired) electrons. The zero-order chi connectivity index (χ0) is 24.5. The standard InChI is InChI=1S/C26H30N2O6/c1-26(2,3)34-25(32)28(13-12-27-17(15-28)14-23(29)30)24(31)33-16-22-20-10-6-4-8-18(20)19-9-5-7-11-21(19)22/h4-11,17,22,27H,12-16H2,1-3H3/p+1. The molecule has 0 bridgehead atoms. The largest absolute Gasteiger partial charge is 0.527 e. The molecule has 1 fully saturated rings. The Kier molecular flexibility index (Phi) is 6.47. The predicted molar refractivity (Wildman–Crippen MR) is 125 cm³/mol. The molecule has 1 aliphatic heterocycles. The zero-order valence-corrected chi connectivity index (χ0v) is 19.7. The zero-order valence-electron chi connectivity index (χ0n) is 19.7. The number of carboxylic acids is 1. The van der Waals surface area contributed by atoms with Gasteiger partial charge in [0.1, 0.15) is 25.3 Å². The van der Waals surface area contributed by atoms with Gasteiger partial charge >= 0.3 is 18.2 Å². The number of benzene rings is 2. The van der Waals surface area contributed by atoms with Crippen LogP contribution in [0.25, 0.3) is 11.1 Å². The molecule has 1 saturated heterocycles. The van der Waals surface area contributed by atoms with Gasteiger partial charge in [0.05, 0.1) is 12.5 Å². The molecule has 180 valence electrons. The van der Waals surface area contributed by atoms with Gasteiger partial charge in [-0.1, -0.05) is 48.5 Å². The topological polar surface area (TPSA) is 102 Å². The summed E-state index contributed by atoms with van der Waals surface area (Å²) >= 11 is 0. The smallest absolute Gasteiger partial charge is 0.481 e. The molecule has 8 nitrogen and oxygen atoms in total. The van der Waals surface area contributed by atoms with Crippen molar-refractivity contribution in [1.29, 1.82) is 0 Å². The number of ether oxygens (including phenoxy) is 2. The summed E-state index contributed by atoms with van der Waals surface area (Å²) in [6.07, 6.45) is -1.64. The number of nitrogens with zero attached hydrogens (tertiary/aromatic N) is 1. The van der Waals surface area contributed by atoms with E-state index in [0.717, 1.165) is 22.3 Å². The number of hydrogen-bond acceptors (Lipinski definition) is 6. The average Bonchev–Trinajstić information content (AvgIpc) is 3.09. The van der Waals surface area contributed by atoms with Crippen LogP contribution in [0.3, 0.4) is 0 Å². The van der Waals surface area contributed by atoms with Crippen LogP contribution in [0.2, 0.25) is 0 Å². The highest BCUT2D eigenvalue weighted by molar-refractivity contribution is 5.80. The second kappa shape index (κ2) is 9.19. The van der Waals surface area contributed by atoms with E-state index in [4.69, 9.17) is 9.47 Å². The van der Waals surface area contributed by atoms with Crippen molar-refractivity contribution in [2.75, 3.05) is 26.2 Å². The molecule has 1 heterocycles. The molecule has 2 atom stereocenters. The highest BCUT2D eigenvalue weighted by Crippen LogP contribution is 2.44. The monoisotopic (exact) mass is 467 g/mol. The van der Waals surface area contributed by atoms with Gasteiger partial charge in [0.2, 0.25) is 0 Å². The summed E-state index contributed by atoms with van der Waals surface area (Å²) in [5, 5.41) is 12.3. The number of fused-ring (bicyclic) bond motifs is 3. The van der Waals surface area contributed by atoms with Gasteiger partial charge in [-0.25, -0.2) is 0 Å². The Labute approximate surface area is 199 Å². The van der Waals surface area contributed by atoms with Crippen molar-refractivity contribution < 1.29 is 33.4 Å². The third-order valence-electron chi connectivity index (χ3n) is 6.31. The lowest BCUT2D eigenvalue weighted by molar-refractivity contribution is -0.792. The second-order valence-electron chi connectivity index (χ2n) is 9.91. The fraction of sp³-hybridized carbons (Fsp3) is 0.423. The molecule has 0 aromatic heterocycles. The van der Waals surface area contributed by atoms with Gasteiger partial charge in [0.25, 0.3) is 0 Å². The Morgan fingerprint density at radius 3 is 2.15 bits per heavy atom. The highest BCUT2D eigenvalue weighted by atomic mass is 16.6. The van der Waals surface area contributed by atoms with Crippen molar-refractivity contribution in [1.82, 2.24) is 5.32 Å². The first-order valence-electron chi connectivity index (χ1n) is 11.5. The lowest BCUT2D eigenvalue weighted by Crippen LogP contribution is -2.68. The summed E-state index contributed by atoms with van der Waals surface area (Å²) in [4.78, 5) is 38.1. The number of aliphatic carboxylic acids is 1. The molecule has 2 N–H and O–H groups in total. The van der Waals surface area contributed by atoms with Gasteiger partial charge in [0, 0.05) is 12.5 Å². The average molecular weight is 468 g/mol. The highest BCUT2D eigenvalue weighted by Gasteiger charge is 2.53. The van der Waals surface area contributed by atoms with Gasteiger partial charge in [-0.3, -0.25) is 4.79 Å². The van der Waals surface area contributed by atoms with Gasteiger partial charge in [-0.05, 0) is 43.0 Å². The van der Waals surface area contributed by atoms with Gasteiger partial charge in [-0.2, -0.15) is 9.59 Å². The maximum Gasteiger partial charge on any atom is 0.527 e. The van der Waals surface area contributed by atoms with Crippen molar-refractivity contribution in [3.05, 3.63) is 59.7 Å². The van der Waals surface area contributed by atoms with Crippen LogP contribution in [0, 0.1) is 0 Å². The normalized spacial score (nSPS) is 21.9. The maximum atomic E-state index is 13.5. The summed E-state index contributed by atoms with van der Waals surface area (Å²) in [6, 6.07) is 15.5. The Bertz CT molecular complexity index is 1060. The van der Waals surface area contributed by atoms with E-state index < -0.39 is 34.3 Å². The number of piperazine rings is 1. The van der Waals surface area contributed by atoms with E-state index in [-0.39, 0.29) is 32.0 Å². The molecule has 1 aliphatic carbocycles. The number of rotatable bonds is 4. The fourth-order valence-electron chi connectivity index (χ4n) is 4.81. The minimum atomic E-state index is -1.01. The predicted octanol–water partition coefficient (Wildman–Crippen LogP) is 4.13. The van der Waals surface area contributed by atoms with Crippen molar-refractivity contribution in [2.45, 2.75) is 44.8 Å². The first kappa shape index (κ1) is 23.9. The lowest BCUT2D eigenvalue weighted by atomic mass is 9.98. The van der Waals surface area contributed by atoms with E-state index in [1.807, 2.05) is 36.4 Å². The van der Waals surface area contributed by atoms with Crippen LogP contribution in [0.15, 0.2) is 48.5 Å². The van der Waals surface area contributed by atoms with E-state index in [0.29, 0.717) is 6.54 Å². The molecule has 2 aromatic rings. The number of hydrogen-bond donors (Lipinski definition) is 2. The van der Waals surface area contributed by atoms with Gasteiger partial charge in [0.15, 0.2) is 0 Å². The van der Waals surface area contributed by atoms with Crippen LogP contribution in [0.4, 0.5) is 9.59 Å². The summed E-state index contributed by atoms with van der Waals surface area (Å²) in [5.41, 5.74) is 3.56. The van der Waals surface area contributed by atoms with Gasteiger partial charge in [-0.15, -0.1) is 4.48 Å². The summed E-state index contributed by atoms with van der Waals surface area (Å²) in [6.45, 7) is 5.65.